The average Bonchev–Trinajstić information content (AvgIpc) is 2.46. The Hall–Kier alpha value is -2.26. The molecule has 0 aliphatic rings. The lowest BCUT2D eigenvalue weighted by atomic mass is 10.1. The van der Waals surface area contributed by atoms with E-state index in [2.05, 4.69) is 9.88 Å². The lowest BCUT2D eigenvalue weighted by Crippen LogP contribution is -2.10. The quantitative estimate of drug-likeness (QED) is 0.715. The standard InChI is InChI=1S/C16H14ClN3/c1-20(13-5-3-12(18)4-6-13)16-8-9-19-15-10-11(17)2-7-14(15)16/h2-10H,18H2,1H3. The average molecular weight is 284 g/mol. The number of hydrogen-bond acceptors (Lipinski definition) is 3. The monoisotopic (exact) mass is 283 g/mol. The summed E-state index contributed by atoms with van der Waals surface area (Å²) in [4.78, 5) is 6.47. The Bertz CT molecular complexity index is 753. The molecular weight excluding hydrogens is 270 g/mol. The van der Waals surface area contributed by atoms with E-state index in [4.69, 9.17) is 17.3 Å². The molecule has 0 fully saturated rings. The van der Waals surface area contributed by atoms with Gasteiger partial charge in [-0.1, -0.05) is 11.6 Å². The normalized spacial score (nSPS) is 10.7. The van der Waals surface area contributed by atoms with Crippen LogP contribution in [-0.4, -0.2) is 12.0 Å². The first-order valence-corrected chi connectivity index (χ1v) is 6.66. The molecule has 3 rings (SSSR count). The second-order valence-electron chi connectivity index (χ2n) is 4.64. The van der Waals surface area contributed by atoms with Crippen LogP contribution in [0.1, 0.15) is 0 Å². The summed E-state index contributed by atoms with van der Waals surface area (Å²) >= 11 is 6.02. The van der Waals surface area contributed by atoms with E-state index >= 15 is 0 Å². The van der Waals surface area contributed by atoms with Gasteiger partial charge in [0.05, 0.1) is 11.2 Å². The van der Waals surface area contributed by atoms with Gasteiger partial charge in [-0.2, -0.15) is 0 Å². The van der Waals surface area contributed by atoms with Gasteiger partial charge in [0.15, 0.2) is 0 Å². The van der Waals surface area contributed by atoms with Crippen molar-refractivity contribution in [2.24, 2.45) is 0 Å². The minimum absolute atomic E-state index is 0.692. The minimum Gasteiger partial charge on any atom is -0.399 e. The molecule has 4 heteroatoms. The van der Waals surface area contributed by atoms with Crippen LogP contribution < -0.4 is 10.6 Å². The van der Waals surface area contributed by atoms with Gasteiger partial charge in [0.2, 0.25) is 0 Å². The first-order chi connectivity index (χ1) is 9.65. The lowest BCUT2D eigenvalue weighted by Gasteiger charge is -2.21. The summed E-state index contributed by atoms with van der Waals surface area (Å²) in [6.07, 6.45) is 1.79. The highest BCUT2D eigenvalue weighted by Crippen LogP contribution is 2.31. The van der Waals surface area contributed by atoms with E-state index in [0.717, 1.165) is 28.0 Å². The fourth-order valence-electron chi connectivity index (χ4n) is 2.24. The molecule has 0 bridgehead atoms. The Morgan fingerprint density at radius 2 is 1.80 bits per heavy atom. The lowest BCUT2D eigenvalue weighted by molar-refractivity contribution is 1.21. The predicted octanol–water partition coefficient (Wildman–Crippen LogP) is 4.24. The Labute approximate surface area is 122 Å². The molecule has 0 atom stereocenters. The van der Waals surface area contributed by atoms with Crippen LogP contribution in [0.5, 0.6) is 0 Å². The Balaban J connectivity index is 2.11. The molecule has 0 aliphatic carbocycles. The summed E-state index contributed by atoms with van der Waals surface area (Å²) in [7, 11) is 2.02. The molecule has 0 saturated heterocycles. The zero-order valence-corrected chi connectivity index (χ0v) is 11.8. The number of benzene rings is 2. The van der Waals surface area contributed by atoms with E-state index in [1.165, 1.54) is 0 Å². The van der Waals surface area contributed by atoms with Crippen LogP contribution in [0, 0.1) is 0 Å². The van der Waals surface area contributed by atoms with Crippen molar-refractivity contribution in [2.45, 2.75) is 0 Å². The molecule has 100 valence electrons. The highest BCUT2D eigenvalue weighted by Gasteiger charge is 2.08. The molecule has 3 nitrogen and oxygen atoms in total. The molecule has 1 heterocycles. The largest absolute Gasteiger partial charge is 0.399 e. The van der Waals surface area contributed by atoms with Gasteiger partial charge in [-0.3, -0.25) is 4.98 Å². The maximum Gasteiger partial charge on any atom is 0.0737 e. The van der Waals surface area contributed by atoms with Crippen LogP contribution >= 0.6 is 11.6 Å². The van der Waals surface area contributed by atoms with Gasteiger partial charge in [-0.25, -0.2) is 0 Å². The zero-order valence-electron chi connectivity index (χ0n) is 11.0. The number of anilines is 3. The van der Waals surface area contributed by atoms with Crippen molar-refractivity contribution < 1.29 is 0 Å². The number of nitrogens with zero attached hydrogens (tertiary/aromatic N) is 2. The number of rotatable bonds is 2. The molecule has 0 saturated carbocycles. The molecular formula is C16H14ClN3. The second kappa shape index (κ2) is 5.02. The Morgan fingerprint density at radius 1 is 1.05 bits per heavy atom. The molecule has 0 spiro atoms. The fraction of sp³-hybridized carbons (Fsp3) is 0.0625. The predicted molar refractivity (Wildman–Crippen MR) is 85.7 cm³/mol. The van der Waals surface area contributed by atoms with Crippen molar-refractivity contribution in [3.05, 3.63) is 59.8 Å². The van der Waals surface area contributed by atoms with Crippen molar-refractivity contribution in [3.63, 3.8) is 0 Å². The molecule has 3 aromatic rings. The third kappa shape index (κ3) is 2.28. The smallest absolute Gasteiger partial charge is 0.0737 e. The Kier molecular flexibility index (Phi) is 3.20. The maximum atomic E-state index is 6.02. The van der Waals surface area contributed by atoms with Gasteiger partial charge in [-0.05, 0) is 48.5 Å². The summed E-state index contributed by atoms with van der Waals surface area (Å²) in [6, 6.07) is 15.5. The van der Waals surface area contributed by atoms with Crippen LogP contribution in [0.15, 0.2) is 54.7 Å². The molecule has 0 unspecified atom stereocenters. The van der Waals surface area contributed by atoms with Gasteiger partial charge in [-0.15, -0.1) is 0 Å². The van der Waals surface area contributed by atoms with Gasteiger partial charge < -0.3 is 10.6 Å². The van der Waals surface area contributed by atoms with Gasteiger partial charge in [0.25, 0.3) is 0 Å². The number of aromatic nitrogens is 1. The zero-order chi connectivity index (χ0) is 14.1. The van der Waals surface area contributed by atoms with Gasteiger partial charge >= 0.3 is 0 Å². The van der Waals surface area contributed by atoms with Crippen molar-refractivity contribution in [1.82, 2.24) is 4.98 Å². The van der Waals surface area contributed by atoms with Crippen LogP contribution in [0.4, 0.5) is 17.1 Å². The van der Waals surface area contributed by atoms with E-state index in [9.17, 15) is 0 Å². The van der Waals surface area contributed by atoms with Crippen LogP contribution in [0.25, 0.3) is 10.9 Å². The number of nitrogens with two attached hydrogens (primary N) is 1. The van der Waals surface area contributed by atoms with Crippen LogP contribution in [0.2, 0.25) is 5.02 Å². The molecule has 0 radical (unpaired) electrons. The summed E-state index contributed by atoms with van der Waals surface area (Å²) in [6.45, 7) is 0. The number of nitrogen functional groups attached to an aromatic ring is 1. The minimum atomic E-state index is 0.692. The van der Waals surface area contributed by atoms with E-state index in [1.54, 1.807) is 6.20 Å². The highest BCUT2D eigenvalue weighted by atomic mass is 35.5. The molecule has 2 aromatic carbocycles. The van der Waals surface area contributed by atoms with E-state index in [-0.39, 0.29) is 0 Å². The number of fused-ring (bicyclic) bond motifs is 1. The first kappa shape index (κ1) is 12.8. The summed E-state index contributed by atoms with van der Waals surface area (Å²) in [5.74, 6) is 0. The number of hydrogen-bond donors (Lipinski definition) is 1. The van der Waals surface area contributed by atoms with Crippen LogP contribution in [0.3, 0.4) is 0 Å². The number of pyridine rings is 1. The summed E-state index contributed by atoms with van der Waals surface area (Å²) < 4.78 is 0. The fourth-order valence-corrected chi connectivity index (χ4v) is 2.40. The van der Waals surface area contributed by atoms with Crippen molar-refractivity contribution >= 4 is 39.6 Å². The topological polar surface area (TPSA) is 42.1 Å². The summed E-state index contributed by atoms with van der Waals surface area (Å²) in [5, 5.41) is 1.76. The van der Waals surface area contributed by atoms with Gasteiger partial charge in [0.1, 0.15) is 0 Å². The Morgan fingerprint density at radius 3 is 2.55 bits per heavy atom. The van der Waals surface area contributed by atoms with Crippen molar-refractivity contribution in [3.8, 4) is 0 Å². The molecule has 1 aromatic heterocycles. The molecule has 20 heavy (non-hydrogen) atoms. The molecule has 0 aliphatic heterocycles. The third-order valence-electron chi connectivity index (χ3n) is 3.32. The van der Waals surface area contributed by atoms with Gasteiger partial charge in [0, 0.05) is 35.0 Å². The SMILES string of the molecule is CN(c1ccc(N)cc1)c1ccnc2cc(Cl)ccc12. The maximum absolute atomic E-state index is 6.02. The first-order valence-electron chi connectivity index (χ1n) is 6.29. The van der Waals surface area contributed by atoms with E-state index in [1.807, 2.05) is 55.6 Å². The molecule has 0 amide bonds. The number of halogens is 1. The van der Waals surface area contributed by atoms with Crippen LogP contribution in [-0.2, 0) is 0 Å². The summed E-state index contributed by atoms with van der Waals surface area (Å²) in [5.41, 5.74) is 9.52. The third-order valence-corrected chi connectivity index (χ3v) is 3.56. The van der Waals surface area contributed by atoms with E-state index in [0.29, 0.717) is 5.02 Å². The second-order valence-corrected chi connectivity index (χ2v) is 5.08. The van der Waals surface area contributed by atoms with Crippen molar-refractivity contribution in [2.75, 3.05) is 17.7 Å². The van der Waals surface area contributed by atoms with E-state index < -0.39 is 0 Å². The molecule has 2 N–H and O–H groups in total. The van der Waals surface area contributed by atoms with Crippen molar-refractivity contribution in [1.29, 1.82) is 0 Å². The highest BCUT2D eigenvalue weighted by molar-refractivity contribution is 6.31.